The Kier molecular flexibility index (Phi) is 4.53. The molecule has 0 saturated heterocycles. The summed E-state index contributed by atoms with van der Waals surface area (Å²) < 4.78 is 15.2. The molecule has 0 aliphatic rings. The third-order valence-electron chi connectivity index (χ3n) is 2.17. The average Bonchev–Trinajstić information content (AvgIpc) is 2.62. The van der Waals surface area contributed by atoms with Crippen molar-refractivity contribution in [3.8, 4) is 0 Å². The van der Waals surface area contributed by atoms with Crippen molar-refractivity contribution >= 4 is 66.4 Å². The smallest absolute Gasteiger partial charge is 0.142 e. The van der Waals surface area contributed by atoms with Gasteiger partial charge >= 0.3 is 0 Å². The molecule has 1 unspecified atom stereocenters. The van der Waals surface area contributed by atoms with E-state index in [1.54, 1.807) is 12.1 Å². The maximum Gasteiger partial charge on any atom is 0.142 e. The lowest BCUT2D eigenvalue weighted by molar-refractivity contribution is 0.626. The highest BCUT2D eigenvalue weighted by atomic mass is 79.9. The normalized spacial score (nSPS) is 12.8. The fourth-order valence-corrected chi connectivity index (χ4v) is 4.11. The van der Waals surface area contributed by atoms with E-state index in [1.807, 2.05) is 6.07 Å². The lowest BCUT2D eigenvalue weighted by atomic mass is 10.1. The minimum Gasteiger partial charge on any atom is -0.205 e. The van der Waals surface area contributed by atoms with E-state index in [1.165, 1.54) is 17.4 Å². The molecule has 0 radical (unpaired) electrons. The number of benzene rings is 1. The second-order valence-corrected chi connectivity index (χ2v) is 7.35. The second-order valence-electron chi connectivity index (χ2n) is 3.28. The van der Waals surface area contributed by atoms with E-state index in [2.05, 4.69) is 31.9 Å². The third-order valence-corrected chi connectivity index (χ3v) is 6.49. The zero-order valence-corrected chi connectivity index (χ0v) is 13.7. The largest absolute Gasteiger partial charge is 0.205 e. The van der Waals surface area contributed by atoms with E-state index in [4.69, 9.17) is 23.2 Å². The number of hydrogen-bond acceptors (Lipinski definition) is 1. The first kappa shape index (κ1) is 13.8. The second kappa shape index (κ2) is 5.57. The molecule has 0 spiro atoms. The lowest BCUT2D eigenvalue weighted by Gasteiger charge is -2.09. The van der Waals surface area contributed by atoms with Crippen molar-refractivity contribution in [3.63, 3.8) is 0 Å². The Morgan fingerprint density at radius 1 is 1.29 bits per heavy atom. The fraction of sp³-hybridized carbons (Fsp3) is 0.0909. The number of hydrogen-bond donors (Lipinski definition) is 0. The van der Waals surface area contributed by atoms with Crippen LogP contribution in [0.5, 0.6) is 0 Å². The number of alkyl halides is 1. The van der Waals surface area contributed by atoms with E-state index in [-0.39, 0.29) is 5.02 Å². The molecule has 1 heterocycles. The summed E-state index contributed by atoms with van der Waals surface area (Å²) in [6, 6.07) is 6.54. The van der Waals surface area contributed by atoms with E-state index in [0.717, 1.165) is 13.1 Å². The van der Waals surface area contributed by atoms with Crippen molar-refractivity contribution in [2.45, 2.75) is 5.38 Å². The van der Waals surface area contributed by atoms with Crippen LogP contribution in [0.4, 0.5) is 4.39 Å². The molecule has 0 amide bonds. The number of thiophene rings is 1. The molecule has 0 fully saturated rings. The molecule has 2 aromatic rings. The molecule has 1 aromatic carbocycles. The quantitative estimate of drug-likeness (QED) is 0.495. The Balaban J connectivity index is 2.43. The summed E-state index contributed by atoms with van der Waals surface area (Å²) >= 11 is 20.5. The predicted molar refractivity (Wildman–Crippen MR) is 78.8 cm³/mol. The van der Waals surface area contributed by atoms with Crippen LogP contribution in [0.3, 0.4) is 0 Å². The standard InChI is InChI=1S/C11H5Br2Cl2FS/c12-6-4-8(17-11(6)13)10(15)5-2-1-3-7(16)9(5)14/h1-4,10H. The molecule has 0 bridgehead atoms. The molecule has 0 N–H and O–H groups in total. The van der Waals surface area contributed by atoms with Crippen LogP contribution in [0.2, 0.25) is 5.02 Å². The molecule has 90 valence electrons. The third kappa shape index (κ3) is 2.87. The average molecular weight is 419 g/mol. The molecule has 17 heavy (non-hydrogen) atoms. The van der Waals surface area contributed by atoms with Crippen LogP contribution in [0.25, 0.3) is 0 Å². The van der Waals surface area contributed by atoms with Crippen LogP contribution in [0.1, 0.15) is 15.8 Å². The summed E-state index contributed by atoms with van der Waals surface area (Å²) in [5, 5.41) is -0.376. The highest BCUT2D eigenvalue weighted by molar-refractivity contribution is 9.13. The Hall–Kier alpha value is 0.390. The maximum absolute atomic E-state index is 13.3. The van der Waals surface area contributed by atoms with Crippen LogP contribution in [0, 0.1) is 5.82 Å². The van der Waals surface area contributed by atoms with Crippen molar-refractivity contribution in [1.29, 1.82) is 0 Å². The van der Waals surface area contributed by atoms with Crippen molar-refractivity contribution in [2.75, 3.05) is 0 Å². The molecule has 0 saturated carbocycles. The Bertz CT molecular complexity index is 537. The molecular weight excluding hydrogens is 414 g/mol. The van der Waals surface area contributed by atoms with Gasteiger partial charge in [0.15, 0.2) is 0 Å². The van der Waals surface area contributed by atoms with E-state index >= 15 is 0 Å². The minimum atomic E-state index is -0.454. The minimum absolute atomic E-state index is 0.0770. The van der Waals surface area contributed by atoms with Gasteiger partial charge in [0, 0.05) is 9.35 Å². The molecule has 1 aromatic heterocycles. The number of halogens is 5. The zero-order valence-electron chi connectivity index (χ0n) is 8.18. The number of rotatable bonds is 2. The van der Waals surface area contributed by atoms with Gasteiger partial charge in [0.2, 0.25) is 0 Å². The molecule has 0 aliphatic heterocycles. The van der Waals surface area contributed by atoms with Gasteiger partial charge in [-0.2, -0.15) is 0 Å². The first-order valence-electron chi connectivity index (χ1n) is 4.53. The molecule has 6 heteroatoms. The fourth-order valence-electron chi connectivity index (χ4n) is 1.36. The van der Waals surface area contributed by atoms with E-state index < -0.39 is 11.2 Å². The zero-order chi connectivity index (χ0) is 12.6. The van der Waals surface area contributed by atoms with Gasteiger partial charge in [-0.05, 0) is 49.6 Å². The molecule has 0 aliphatic carbocycles. The Morgan fingerprint density at radius 3 is 2.59 bits per heavy atom. The van der Waals surface area contributed by atoms with Crippen molar-refractivity contribution in [3.05, 3.63) is 53.8 Å². The summed E-state index contributed by atoms with van der Waals surface area (Å²) in [4.78, 5) is 0.901. The molecule has 0 nitrogen and oxygen atoms in total. The predicted octanol–water partition coefficient (Wildman–Crippen LogP) is 6.39. The van der Waals surface area contributed by atoms with Gasteiger partial charge in [-0.15, -0.1) is 22.9 Å². The highest BCUT2D eigenvalue weighted by Crippen LogP contribution is 2.42. The Morgan fingerprint density at radius 2 is 2.00 bits per heavy atom. The summed E-state index contributed by atoms with van der Waals surface area (Å²) in [6.45, 7) is 0. The molecule has 1 atom stereocenters. The van der Waals surface area contributed by atoms with Gasteiger partial charge in [0.05, 0.1) is 14.2 Å². The molecular formula is C11H5Br2Cl2FS. The summed E-state index contributed by atoms with van der Waals surface area (Å²) in [7, 11) is 0. The summed E-state index contributed by atoms with van der Waals surface area (Å²) in [6.07, 6.45) is 0. The van der Waals surface area contributed by atoms with Crippen LogP contribution < -0.4 is 0 Å². The summed E-state index contributed by atoms with van der Waals surface area (Å²) in [5.41, 5.74) is 0.578. The monoisotopic (exact) mass is 416 g/mol. The van der Waals surface area contributed by atoms with Gasteiger partial charge in [-0.25, -0.2) is 4.39 Å². The van der Waals surface area contributed by atoms with Crippen molar-refractivity contribution in [1.82, 2.24) is 0 Å². The van der Waals surface area contributed by atoms with Gasteiger partial charge in [-0.3, -0.25) is 0 Å². The van der Waals surface area contributed by atoms with Gasteiger partial charge in [-0.1, -0.05) is 23.7 Å². The first-order chi connectivity index (χ1) is 8.00. The summed E-state index contributed by atoms with van der Waals surface area (Å²) in [5.74, 6) is -0.454. The van der Waals surface area contributed by atoms with Crippen LogP contribution in [0.15, 0.2) is 32.5 Å². The van der Waals surface area contributed by atoms with Gasteiger partial charge < -0.3 is 0 Å². The van der Waals surface area contributed by atoms with Crippen LogP contribution >= 0.6 is 66.4 Å². The maximum atomic E-state index is 13.3. The van der Waals surface area contributed by atoms with Gasteiger partial charge in [0.25, 0.3) is 0 Å². The SMILES string of the molecule is Fc1cccc(C(Cl)c2cc(Br)c(Br)s2)c1Cl. The van der Waals surface area contributed by atoms with E-state index in [9.17, 15) is 4.39 Å². The van der Waals surface area contributed by atoms with Crippen LogP contribution in [-0.2, 0) is 0 Å². The first-order valence-corrected chi connectivity index (χ1v) is 7.75. The molecule has 2 rings (SSSR count). The Labute approximate surface area is 129 Å². The van der Waals surface area contributed by atoms with E-state index in [0.29, 0.717) is 5.56 Å². The van der Waals surface area contributed by atoms with Gasteiger partial charge in [0.1, 0.15) is 5.82 Å². The highest BCUT2D eigenvalue weighted by Gasteiger charge is 2.19. The van der Waals surface area contributed by atoms with Crippen LogP contribution in [-0.4, -0.2) is 0 Å². The lowest BCUT2D eigenvalue weighted by Crippen LogP contribution is -1.93. The van der Waals surface area contributed by atoms with Crippen molar-refractivity contribution in [2.24, 2.45) is 0 Å². The van der Waals surface area contributed by atoms with Crippen molar-refractivity contribution < 1.29 is 4.39 Å². The topological polar surface area (TPSA) is 0 Å².